The van der Waals surface area contributed by atoms with E-state index in [-0.39, 0.29) is 17.2 Å². The number of fused-ring (bicyclic) bond motifs is 9. The minimum absolute atomic E-state index is 0.0568. The van der Waals surface area contributed by atoms with E-state index in [0.29, 0.717) is 67.7 Å². The Morgan fingerprint density at radius 1 is 1.00 bits per heavy atom. The Kier molecular flexibility index (Phi) is 7.54. The summed E-state index contributed by atoms with van der Waals surface area (Å²) in [6.07, 6.45) is 8.77. The van der Waals surface area contributed by atoms with Gasteiger partial charge in [-0.2, -0.15) is 5.26 Å². The van der Waals surface area contributed by atoms with Crippen molar-refractivity contribution in [1.82, 2.24) is 19.4 Å². The number of pyridine rings is 1. The van der Waals surface area contributed by atoms with Gasteiger partial charge in [0.05, 0.1) is 16.9 Å². The maximum atomic E-state index is 15.8. The number of alkyl halides is 2. The summed E-state index contributed by atoms with van der Waals surface area (Å²) in [7, 11) is 0. The normalized spacial score (nSPS) is 26.0. The fraction of sp³-hybridized carbons (Fsp3) is 0.562. The monoisotopic (exact) mass is 560 g/mol. The van der Waals surface area contributed by atoms with Gasteiger partial charge in [0.25, 0.3) is 11.5 Å². The molecule has 9 heteroatoms. The number of nitrogens with one attached hydrogen (secondary N) is 1. The van der Waals surface area contributed by atoms with Gasteiger partial charge < -0.3 is 10.2 Å². The van der Waals surface area contributed by atoms with Gasteiger partial charge >= 0.3 is 0 Å². The second-order valence-electron chi connectivity index (χ2n) is 12.2. The summed E-state index contributed by atoms with van der Waals surface area (Å²) in [6.45, 7) is 4.82. The molecule has 1 aliphatic carbocycles. The Labute approximate surface area is 239 Å². The third-order valence-corrected chi connectivity index (χ3v) is 9.44. The zero-order chi connectivity index (χ0) is 28.6. The highest BCUT2D eigenvalue weighted by atomic mass is 19.3. The summed E-state index contributed by atoms with van der Waals surface area (Å²) in [4.78, 5) is 25.0. The van der Waals surface area contributed by atoms with Gasteiger partial charge in [-0.3, -0.25) is 9.36 Å². The van der Waals surface area contributed by atoms with Gasteiger partial charge in [0.2, 0.25) is 0 Å². The van der Waals surface area contributed by atoms with Crippen LogP contribution in [0.3, 0.4) is 0 Å². The van der Waals surface area contributed by atoms with Crippen LogP contribution in [0.15, 0.2) is 41.5 Å². The lowest BCUT2D eigenvalue weighted by Crippen LogP contribution is -2.40. The third-order valence-electron chi connectivity index (χ3n) is 9.44. The fourth-order valence-electron chi connectivity index (χ4n) is 6.61. The molecule has 1 saturated heterocycles. The SMILES string of the molecule is C[C@H]1Nc2ncnc3c2cc(C2(C#N)CC2)c(=O)n3CCCCCCCN2CCC(CC2)C(F)(F)c2cccc1c2. The molecule has 41 heavy (non-hydrogen) atoms. The molecule has 3 aromatic rings. The van der Waals surface area contributed by atoms with E-state index in [1.807, 2.05) is 13.0 Å². The molecule has 4 aliphatic rings. The van der Waals surface area contributed by atoms with Crippen LogP contribution in [-0.4, -0.2) is 39.1 Å². The first-order valence-corrected chi connectivity index (χ1v) is 15.1. The highest BCUT2D eigenvalue weighted by Gasteiger charge is 2.47. The van der Waals surface area contributed by atoms with Crippen LogP contribution in [0.1, 0.15) is 87.4 Å². The Hall–Kier alpha value is -3.38. The maximum Gasteiger partial charge on any atom is 0.276 e. The molecule has 3 aliphatic heterocycles. The number of hydrogen-bond donors (Lipinski definition) is 1. The van der Waals surface area contributed by atoms with Crippen LogP contribution >= 0.6 is 0 Å². The molecule has 216 valence electrons. The van der Waals surface area contributed by atoms with Gasteiger partial charge in [-0.15, -0.1) is 0 Å². The zero-order valence-corrected chi connectivity index (χ0v) is 23.7. The van der Waals surface area contributed by atoms with Crippen molar-refractivity contribution in [3.8, 4) is 6.07 Å². The molecule has 1 aromatic carbocycles. The Morgan fingerprint density at radius 3 is 2.46 bits per heavy atom. The summed E-state index contributed by atoms with van der Waals surface area (Å²) in [5.41, 5.74) is 0.927. The van der Waals surface area contributed by atoms with Gasteiger partial charge in [-0.1, -0.05) is 37.5 Å². The van der Waals surface area contributed by atoms with Crippen LogP contribution in [0.5, 0.6) is 0 Å². The molecule has 0 amide bonds. The van der Waals surface area contributed by atoms with E-state index in [9.17, 15) is 10.1 Å². The minimum Gasteiger partial charge on any atom is -0.363 e. The third kappa shape index (κ3) is 5.34. The number of benzene rings is 1. The van der Waals surface area contributed by atoms with Gasteiger partial charge in [0.15, 0.2) is 0 Å². The summed E-state index contributed by atoms with van der Waals surface area (Å²) < 4.78 is 33.2. The molecule has 7 rings (SSSR count). The van der Waals surface area contributed by atoms with Crippen molar-refractivity contribution >= 4 is 16.9 Å². The number of nitrogens with zero attached hydrogens (tertiary/aromatic N) is 5. The van der Waals surface area contributed by atoms with Crippen molar-refractivity contribution in [1.29, 1.82) is 5.26 Å². The second kappa shape index (κ2) is 11.1. The molecule has 1 saturated carbocycles. The van der Waals surface area contributed by atoms with Gasteiger partial charge in [0, 0.05) is 29.6 Å². The molecule has 2 aromatic heterocycles. The van der Waals surface area contributed by atoms with E-state index in [1.54, 1.807) is 28.8 Å². The van der Waals surface area contributed by atoms with Gasteiger partial charge in [0.1, 0.15) is 17.8 Å². The summed E-state index contributed by atoms with van der Waals surface area (Å²) in [5, 5.41) is 14.0. The van der Waals surface area contributed by atoms with E-state index < -0.39 is 17.3 Å². The summed E-state index contributed by atoms with van der Waals surface area (Å²) in [6, 6.07) is 10.6. The second-order valence-corrected chi connectivity index (χ2v) is 12.2. The minimum atomic E-state index is -2.90. The van der Waals surface area contributed by atoms with Crippen LogP contribution in [0.2, 0.25) is 0 Å². The summed E-state index contributed by atoms with van der Waals surface area (Å²) in [5.74, 6) is -3.04. The average Bonchev–Trinajstić information content (AvgIpc) is 3.78. The molecule has 8 bridgehead atoms. The molecule has 5 heterocycles. The van der Waals surface area contributed by atoms with Crippen LogP contribution in [0.4, 0.5) is 14.6 Å². The number of aryl methyl sites for hydroxylation is 1. The lowest BCUT2D eigenvalue weighted by molar-refractivity contribution is -0.0855. The highest BCUT2D eigenvalue weighted by molar-refractivity contribution is 5.87. The molecule has 0 spiro atoms. The van der Waals surface area contributed by atoms with Crippen LogP contribution in [0.25, 0.3) is 11.0 Å². The number of nitriles is 1. The number of anilines is 1. The molecule has 0 radical (unpaired) electrons. The fourth-order valence-corrected chi connectivity index (χ4v) is 6.61. The first-order valence-electron chi connectivity index (χ1n) is 15.1. The molecule has 1 N–H and O–H groups in total. The van der Waals surface area contributed by atoms with Crippen molar-refractivity contribution in [2.24, 2.45) is 5.92 Å². The molecular weight excluding hydrogens is 522 g/mol. The number of aromatic nitrogens is 3. The van der Waals surface area contributed by atoms with Crippen molar-refractivity contribution in [3.05, 3.63) is 63.7 Å². The number of hydrogen-bond acceptors (Lipinski definition) is 6. The first-order chi connectivity index (χ1) is 19.8. The lowest BCUT2D eigenvalue weighted by Gasteiger charge is -2.36. The Balaban J connectivity index is 1.40. The molecule has 0 unspecified atom stereocenters. The van der Waals surface area contributed by atoms with Crippen LogP contribution in [-0.2, 0) is 17.9 Å². The standard InChI is InChI=1S/C32H38F2N6O/c1-22-23-8-7-9-25(18-23)32(33,34)24-10-16-39(17-11-24)14-5-3-2-4-6-15-40-29-26(28(38-22)36-21-37-29)19-27(30(40)41)31(20-35)12-13-31/h7-9,18-19,21-22,24H,2-6,10-17H2,1H3,(H,36,37,38)/t22-/m1/s1. The largest absolute Gasteiger partial charge is 0.363 e. The van der Waals surface area contributed by atoms with E-state index in [1.165, 1.54) is 6.33 Å². The van der Waals surface area contributed by atoms with Crippen LogP contribution in [0, 0.1) is 17.2 Å². The molecule has 2 fully saturated rings. The van der Waals surface area contributed by atoms with Crippen molar-refractivity contribution in [3.63, 3.8) is 0 Å². The Morgan fingerprint density at radius 2 is 1.73 bits per heavy atom. The number of rotatable bonds is 1. The van der Waals surface area contributed by atoms with E-state index in [2.05, 4.69) is 26.3 Å². The van der Waals surface area contributed by atoms with Gasteiger partial charge in [-0.05, 0) is 82.8 Å². The molecular formula is C32H38F2N6O. The predicted octanol–water partition coefficient (Wildman–Crippen LogP) is 6.29. The number of halogens is 2. The Bertz CT molecular complexity index is 1520. The van der Waals surface area contributed by atoms with Crippen molar-refractivity contribution in [2.45, 2.75) is 88.6 Å². The van der Waals surface area contributed by atoms with E-state index in [0.717, 1.165) is 44.2 Å². The average molecular weight is 561 g/mol. The zero-order valence-electron chi connectivity index (χ0n) is 23.7. The molecule has 7 nitrogen and oxygen atoms in total. The van der Waals surface area contributed by atoms with Crippen molar-refractivity contribution in [2.75, 3.05) is 25.0 Å². The maximum absolute atomic E-state index is 15.8. The van der Waals surface area contributed by atoms with E-state index in [4.69, 9.17) is 0 Å². The van der Waals surface area contributed by atoms with Gasteiger partial charge in [-0.25, -0.2) is 18.7 Å². The lowest BCUT2D eigenvalue weighted by atomic mass is 9.85. The highest BCUT2D eigenvalue weighted by Crippen LogP contribution is 2.47. The smallest absolute Gasteiger partial charge is 0.276 e. The number of piperidine rings is 1. The van der Waals surface area contributed by atoms with Crippen LogP contribution < -0.4 is 10.9 Å². The van der Waals surface area contributed by atoms with E-state index >= 15 is 8.78 Å². The molecule has 1 atom stereocenters. The quantitative estimate of drug-likeness (QED) is 0.377. The van der Waals surface area contributed by atoms with Crippen molar-refractivity contribution < 1.29 is 8.78 Å². The first kappa shape index (κ1) is 27.8. The topological polar surface area (TPSA) is 86.8 Å². The predicted molar refractivity (Wildman–Crippen MR) is 155 cm³/mol. The summed E-state index contributed by atoms with van der Waals surface area (Å²) >= 11 is 0.